The second-order valence-corrected chi connectivity index (χ2v) is 7.81. The van der Waals surface area contributed by atoms with E-state index in [-0.39, 0.29) is 11.3 Å². The zero-order valence-electron chi connectivity index (χ0n) is 18.2. The topological polar surface area (TPSA) is 79.3 Å². The van der Waals surface area contributed by atoms with E-state index in [9.17, 15) is 14.7 Å². The van der Waals surface area contributed by atoms with E-state index in [0.717, 1.165) is 18.7 Å². The molecule has 1 atom stereocenters. The molecule has 0 aromatic heterocycles. The first-order chi connectivity index (χ1) is 15.6. The van der Waals surface area contributed by atoms with Crippen LogP contribution in [0.5, 0.6) is 5.75 Å². The molecular formula is C25H28N2O5. The lowest BCUT2D eigenvalue weighted by Gasteiger charge is -2.31. The van der Waals surface area contributed by atoms with Gasteiger partial charge in [-0.2, -0.15) is 0 Å². The van der Waals surface area contributed by atoms with Crippen LogP contribution in [0.4, 0.5) is 0 Å². The van der Waals surface area contributed by atoms with Gasteiger partial charge in [0.1, 0.15) is 11.5 Å². The number of nitrogens with zero attached hydrogens (tertiary/aromatic N) is 2. The van der Waals surface area contributed by atoms with Gasteiger partial charge < -0.3 is 19.5 Å². The highest BCUT2D eigenvalue weighted by Crippen LogP contribution is 2.39. The van der Waals surface area contributed by atoms with Crippen LogP contribution in [0.2, 0.25) is 0 Å². The number of ether oxygens (including phenoxy) is 2. The Labute approximate surface area is 187 Å². The van der Waals surface area contributed by atoms with Crippen molar-refractivity contribution in [2.45, 2.75) is 13.0 Å². The van der Waals surface area contributed by atoms with Crippen molar-refractivity contribution in [1.29, 1.82) is 0 Å². The zero-order chi connectivity index (χ0) is 22.5. The molecule has 1 amide bonds. The number of ketones is 1. The molecule has 1 unspecified atom stereocenters. The third kappa shape index (κ3) is 4.54. The smallest absolute Gasteiger partial charge is 0.295 e. The number of carbonyl (C=O) groups excluding carboxylic acids is 2. The van der Waals surface area contributed by atoms with Crippen molar-refractivity contribution in [1.82, 2.24) is 9.80 Å². The second-order valence-electron chi connectivity index (χ2n) is 7.81. The Morgan fingerprint density at radius 2 is 1.72 bits per heavy atom. The van der Waals surface area contributed by atoms with Crippen LogP contribution in [0.15, 0.2) is 60.2 Å². The molecule has 2 aromatic rings. The van der Waals surface area contributed by atoms with Crippen LogP contribution in [0.1, 0.15) is 24.1 Å². The SMILES string of the molecule is CCOc1ccc(C2/C(=C(\O)c3ccccc3)C(=O)C(=O)N2CCN2CCOCC2)cc1. The van der Waals surface area contributed by atoms with Gasteiger partial charge >= 0.3 is 0 Å². The van der Waals surface area contributed by atoms with E-state index in [1.165, 1.54) is 0 Å². The Morgan fingerprint density at radius 3 is 2.38 bits per heavy atom. The van der Waals surface area contributed by atoms with Gasteiger partial charge in [0.15, 0.2) is 0 Å². The largest absolute Gasteiger partial charge is 0.507 e. The Balaban J connectivity index is 1.70. The summed E-state index contributed by atoms with van der Waals surface area (Å²) in [6.07, 6.45) is 0. The summed E-state index contributed by atoms with van der Waals surface area (Å²) >= 11 is 0. The highest BCUT2D eigenvalue weighted by Gasteiger charge is 2.46. The van der Waals surface area contributed by atoms with E-state index in [1.54, 1.807) is 29.2 Å². The van der Waals surface area contributed by atoms with Crippen molar-refractivity contribution in [3.63, 3.8) is 0 Å². The number of benzene rings is 2. The van der Waals surface area contributed by atoms with Crippen LogP contribution in [0.25, 0.3) is 5.76 Å². The first-order valence-corrected chi connectivity index (χ1v) is 11.0. The summed E-state index contributed by atoms with van der Waals surface area (Å²) in [5, 5.41) is 11.0. The number of aliphatic hydroxyl groups excluding tert-OH is 1. The van der Waals surface area contributed by atoms with E-state index < -0.39 is 17.7 Å². The van der Waals surface area contributed by atoms with Gasteiger partial charge in [0.05, 0.1) is 31.4 Å². The minimum Gasteiger partial charge on any atom is -0.507 e. The van der Waals surface area contributed by atoms with Gasteiger partial charge in [-0.1, -0.05) is 42.5 Å². The van der Waals surface area contributed by atoms with Gasteiger partial charge in [0.2, 0.25) is 0 Å². The number of carbonyl (C=O) groups is 2. The first kappa shape index (κ1) is 22.0. The summed E-state index contributed by atoms with van der Waals surface area (Å²) in [5.41, 5.74) is 1.38. The molecule has 1 N–H and O–H groups in total. The fourth-order valence-electron chi connectivity index (χ4n) is 4.20. The fraction of sp³-hybridized carbons (Fsp3) is 0.360. The molecular weight excluding hydrogens is 408 g/mol. The number of rotatable bonds is 7. The second kappa shape index (κ2) is 9.97. The maximum atomic E-state index is 13.1. The van der Waals surface area contributed by atoms with Gasteiger partial charge in [0, 0.05) is 31.7 Å². The molecule has 0 bridgehead atoms. The number of likely N-dealkylation sites (tertiary alicyclic amines) is 1. The van der Waals surface area contributed by atoms with Crippen LogP contribution in [-0.2, 0) is 14.3 Å². The lowest BCUT2D eigenvalue weighted by Crippen LogP contribution is -2.42. The number of aliphatic hydroxyl groups is 1. The lowest BCUT2D eigenvalue weighted by atomic mass is 9.95. The molecule has 7 heteroatoms. The molecule has 168 valence electrons. The van der Waals surface area contributed by atoms with Crippen LogP contribution in [-0.4, -0.2) is 72.6 Å². The predicted octanol–water partition coefficient (Wildman–Crippen LogP) is 2.84. The standard InChI is InChI=1S/C25H28N2O5/c1-2-32-20-10-8-18(9-11-20)22-21(23(28)19-6-4-3-5-7-19)24(29)25(30)27(22)13-12-26-14-16-31-17-15-26/h3-11,22,28H,2,12-17H2,1H3/b23-21+. The molecule has 32 heavy (non-hydrogen) atoms. The van der Waals surface area contributed by atoms with Crippen molar-refractivity contribution < 1.29 is 24.2 Å². The third-order valence-corrected chi connectivity index (χ3v) is 5.85. The van der Waals surface area contributed by atoms with E-state index in [0.29, 0.717) is 44.2 Å². The molecule has 0 radical (unpaired) electrons. The maximum Gasteiger partial charge on any atom is 0.295 e. The van der Waals surface area contributed by atoms with Crippen LogP contribution in [0, 0.1) is 0 Å². The number of morpholine rings is 1. The summed E-state index contributed by atoms with van der Waals surface area (Å²) in [5.74, 6) is -0.692. The maximum absolute atomic E-state index is 13.1. The normalized spacial score (nSPS) is 21.2. The molecule has 2 aromatic carbocycles. The molecule has 2 aliphatic heterocycles. The van der Waals surface area contributed by atoms with E-state index in [2.05, 4.69) is 4.90 Å². The summed E-state index contributed by atoms with van der Waals surface area (Å²) in [7, 11) is 0. The Hall–Kier alpha value is -3.16. The summed E-state index contributed by atoms with van der Waals surface area (Å²) < 4.78 is 10.9. The van der Waals surface area contributed by atoms with Gasteiger partial charge in [-0.3, -0.25) is 14.5 Å². The molecule has 2 heterocycles. The fourth-order valence-corrected chi connectivity index (χ4v) is 4.20. The minimum atomic E-state index is -0.660. The summed E-state index contributed by atoms with van der Waals surface area (Å²) in [4.78, 5) is 29.9. The molecule has 0 aliphatic carbocycles. The van der Waals surface area contributed by atoms with Crippen LogP contribution >= 0.6 is 0 Å². The molecule has 4 rings (SSSR count). The Bertz CT molecular complexity index is 981. The van der Waals surface area contributed by atoms with Crippen molar-refractivity contribution in [3.8, 4) is 5.75 Å². The Morgan fingerprint density at radius 1 is 1.03 bits per heavy atom. The predicted molar refractivity (Wildman–Crippen MR) is 120 cm³/mol. The van der Waals surface area contributed by atoms with Crippen molar-refractivity contribution in [2.24, 2.45) is 0 Å². The highest BCUT2D eigenvalue weighted by molar-refractivity contribution is 6.46. The minimum absolute atomic E-state index is 0.118. The molecule has 2 fully saturated rings. The Kier molecular flexibility index (Phi) is 6.87. The summed E-state index contributed by atoms with van der Waals surface area (Å²) in [6, 6.07) is 15.5. The number of amides is 1. The lowest BCUT2D eigenvalue weighted by molar-refractivity contribution is -0.140. The number of hydrogen-bond donors (Lipinski definition) is 1. The van der Waals surface area contributed by atoms with Crippen LogP contribution in [0.3, 0.4) is 0 Å². The number of hydrogen-bond acceptors (Lipinski definition) is 6. The molecule has 0 spiro atoms. The van der Waals surface area contributed by atoms with Crippen molar-refractivity contribution in [3.05, 3.63) is 71.3 Å². The zero-order valence-corrected chi connectivity index (χ0v) is 18.2. The number of Topliss-reactive ketones (excluding diaryl/α,β-unsaturated/α-hetero) is 1. The third-order valence-electron chi connectivity index (χ3n) is 5.85. The van der Waals surface area contributed by atoms with Gasteiger partial charge in [-0.05, 0) is 24.6 Å². The van der Waals surface area contributed by atoms with E-state index >= 15 is 0 Å². The molecule has 0 saturated carbocycles. The monoisotopic (exact) mass is 436 g/mol. The first-order valence-electron chi connectivity index (χ1n) is 11.0. The highest BCUT2D eigenvalue weighted by atomic mass is 16.5. The average molecular weight is 437 g/mol. The van der Waals surface area contributed by atoms with Crippen LogP contribution < -0.4 is 4.74 Å². The average Bonchev–Trinajstić information content (AvgIpc) is 3.09. The van der Waals surface area contributed by atoms with Gasteiger partial charge in [-0.25, -0.2) is 0 Å². The molecule has 7 nitrogen and oxygen atoms in total. The van der Waals surface area contributed by atoms with Gasteiger partial charge in [0.25, 0.3) is 11.7 Å². The van der Waals surface area contributed by atoms with Gasteiger partial charge in [-0.15, -0.1) is 0 Å². The van der Waals surface area contributed by atoms with E-state index in [1.807, 2.05) is 37.3 Å². The molecule has 2 aliphatic rings. The summed E-state index contributed by atoms with van der Waals surface area (Å²) in [6.45, 7) is 6.39. The van der Waals surface area contributed by atoms with Crippen molar-refractivity contribution in [2.75, 3.05) is 46.0 Å². The van der Waals surface area contributed by atoms with Crippen molar-refractivity contribution >= 4 is 17.4 Å². The molecule has 2 saturated heterocycles. The quantitative estimate of drug-likeness (QED) is 0.409. The van der Waals surface area contributed by atoms with E-state index in [4.69, 9.17) is 9.47 Å².